The van der Waals surface area contributed by atoms with Gasteiger partial charge in [0, 0.05) is 60.8 Å². The molecule has 1 fully saturated rings. The molecule has 52 heavy (non-hydrogen) atoms. The molecule has 2 aromatic carbocycles. The summed E-state index contributed by atoms with van der Waals surface area (Å²) in [5, 5.41) is 36.0. The molecule has 4 heterocycles. The average Bonchev–Trinajstić information content (AvgIpc) is 3.09. The number of nitrogens with zero attached hydrogens (tertiary/aromatic N) is 2. The zero-order chi connectivity index (χ0) is 33.7. The number of aryl methyl sites for hydroxylation is 2. The van der Waals surface area contributed by atoms with Crippen LogP contribution in [-0.4, -0.2) is 50.2 Å². The summed E-state index contributed by atoms with van der Waals surface area (Å²) in [6.45, 7) is 12.2. The van der Waals surface area contributed by atoms with E-state index in [0.717, 1.165) is 137 Å². The second-order valence-corrected chi connectivity index (χ2v) is 15.0. The van der Waals surface area contributed by atoms with Gasteiger partial charge >= 0.3 is 0 Å². The van der Waals surface area contributed by atoms with Crippen LogP contribution in [0.4, 0.5) is 22.7 Å². The molecule has 0 saturated heterocycles. The first-order valence-corrected chi connectivity index (χ1v) is 19.1. The molecule has 0 atom stereocenters. The van der Waals surface area contributed by atoms with Gasteiger partial charge in [-0.2, -0.15) is 0 Å². The van der Waals surface area contributed by atoms with E-state index in [0.29, 0.717) is 0 Å². The van der Waals surface area contributed by atoms with Crippen molar-refractivity contribution in [2.75, 3.05) is 46.6 Å². The van der Waals surface area contributed by atoms with Crippen LogP contribution in [0.25, 0.3) is 0 Å². The molecule has 292 valence electrons. The molecule has 0 unspecified atom stereocenters. The molecule has 5 aliphatic rings. The zero-order valence-electron chi connectivity index (χ0n) is 29.5. The quantitative estimate of drug-likeness (QED) is 0.260. The Hall–Kier alpha value is -3.10. The second kappa shape index (κ2) is 17.8. The highest BCUT2D eigenvalue weighted by atomic mass is 16.3. The largest absolute Gasteiger partial charge is 0.851 e. The number of rotatable bonds is 10. The molecule has 0 spiro atoms. The number of carbonyl (C=O) groups excluding carboxylic acids is 2. The minimum atomic E-state index is -1.16. The Morgan fingerprint density at radius 3 is 1.27 bits per heavy atom. The minimum Gasteiger partial charge on any atom is -0.851 e. The summed E-state index contributed by atoms with van der Waals surface area (Å²) >= 11 is 0. The fourth-order valence-electron chi connectivity index (χ4n) is 9.74. The van der Waals surface area contributed by atoms with Gasteiger partial charge in [0.05, 0.1) is 0 Å². The monoisotopic (exact) mass is 719 g/mol. The molecule has 1 saturated carbocycles. The Labute approximate surface area is 316 Å². The Morgan fingerprint density at radius 2 is 0.942 bits per heavy atom. The van der Waals surface area contributed by atoms with Crippen molar-refractivity contribution in [2.45, 2.75) is 158 Å². The lowest BCUT2D eigenvalue weighted by molar-refractivity contribution is -0.535. The third kappa shape index (κ3) is 7.23. The molecule has 1 aliphatic carbocycles. The predicted molar refractivity (Wildman–Crippen MR) is 216 cm³/mol. The van der Waals surface area contributed by atoms with E-state index in [1.54, 1.807) is 0 Å². The maximum Gasteiger partial charge on any atom is 0.227 e. The number of hydrogen-bond donors (Lipinski definition) is 2. The van der Waals surface area contributed by atoms with E-state index in [-0.39, 0.29) is 53.4 Å². The summed E-state index contributed by atoms with van der Waals surface area (Å²) < 4.78 is 0. The Balaban J connectivity index is 0.00000182. The van der Waals surface area contributed by atoms with Crippen LogP contribution in [0, 0.1) is 11.8 Å². The van der Waals surface area contributed by atoms with Gasteiger partial charge in [0.2, 0.25) is 11.8 Å². The van der Waals surface area contributed by atoms with Gasteiger partial charge in [0.25, 0.3) is 0 Å². The number of nitrogens with one attached hydrogen (secondary N) is 2. The molecule has 4 aliphatic heterocycles. The van der Waals surface area contributed by atoms with Gasteiger partial charge in [-0.25, -0.2) is 0 Å². The van der Waals surface area contributed by atoms with Gasteiger partial charge < -0.3 is 30.6 Å². The van der Waals surface area contributed by atoms with E-state index in [9.17, 15) is 19.8 Å². The summed E-state index contributed by atoms with van der Waals surface area (Å²) in [4.78, 5) is 32.1. The lowest BCUT2D eigenvalue weighted by atomic mass is 9.61. The maximum absolute atomic E-state index is 14.7. The fourth-order valence-corrected chi connectivity index (χ4v) is 9.74. The van der Waals surface area contributed by atoms with Crippen LogP contribution < -0.4 is 30.6 Å². The van der Waals surface area contributed by atoms with Gasteiger partial charge in [0.1, 0.15) is 0 Å². The van der Waals surface area contributed by atoms with Crippen LogP contribution in [0.1, 0.15) is 154 Å². The minimum absolute atomic E-state index is 0. The molecular weight excluding hydrogens is 649 g/mol. The standard InChI is InChI=1S/C40H54N4O4.4CH4/c1-5-23(6-2)39(47)41-33-27-15-11-19-43-17-9-13-25(35(27)43)21-29(33)31-37(45)32(38(31)46)30-22-26-14-10-18-44-20-12-16-28(36(26)44)34(30)42-40(48)24(7-3)8-4;;;;/h21-24,31-32,37-38H,5-20H2,1-4H3,(H,41,47)(H,42,48);4*1H4/q-2;;;;. The van der Waals surface area contributed by atoms with Crippen LogP contribution in [0.5, 0.6) is 0 Å². The van der Waals surface area contributed by atoms with Crippen LogP contribution in [0.3, 0.4) is 0 Å². The topological polar surface area (TPSA) is 111 Å². The first-order valence-electron chi connectivity index (χ1n) is 19.1. The molecule has 2 amide bonds. The lowest BCUT2D eigenvalue weighted by Crippen LogP contribution is -2.64. The molecule has 0 radical (unpaired) electrons. The number of amides is 2. The highest BCUT2D eigenvalue weighted by Crippen LogP contribution is 2.54. The summed E-state index contributed by atoms with van der Waals surface area (Å²) in [5.74, 6) is -1.77. The summed E-state index contributed by atoms with van der Waals surface area (Å²) in [5.41, 5.74) is 10.1. The Morgan fingerprint density at radius 1 is 0.615 bits per heavy atom. The van der Waals surface area contributed by atoms with E-state index in [2.05, 4.69) is 32.6 Å². The predicted octanol–water partition coefficient (Wildman–Crippen LogP) is 7.72. The molecule has 0 aromatic heterocycles. The van der Waals surface area contributed by atoms with E-state index in [1.165, 1.54) is 22.5 Å². The maximum atomic E-state index is 14.7. The number of hydrogen-bond acceptors (Lipinski definition) is 6. The smallest absolute Gasteiger partial charge is 0.227 e. The van der Waals surface area contributed by atoms with Gasteiger partial charge in [-0.05, 0) is 122 Å². The molecule has 8 heteroatoms. The fraction of sp³-hybridized carbons (Fsp3) is 0.682. The first kappa shape index (κ1) is 43.3. The van der Waals surface area contributed by atoms with E-state index < -0.39 is 24.0 Å². The van der Waals surface area contributed by atoms with Gasteiger partial charge in [-0.3, -0.25) is 9.59 Å². The van der Waals surface area contributed by atoms with Crippen molar-refractivity contribution in [3.05, 3.63) is 45.5 Å². The molecule has 0 bridgehead atoms. The molecule has 7 rings (SSSR count). The number of benzene rings is 2. The summed E-state index contributed by atoms with van der Waals surface area (Å²) in [6, 6.07) is 4.22. The average molecular weight is 719 g/mol. The van der Waals surface area contributed by atoms with E-state index in [4.69, 9.17) is 0 Å². The van der Waals surface area contributed by atoms with E-state index in [1.807, 2.05) is 27.7 Å². The van der Waals surface area contributed by atoms with Gasteiger partial charge in [-0.1, -0.05) is 69.5 Å². The third-order valence-corrected chi connectivity index (χ3v) is 12.5. The number of anilines is 4. The van der Waals surface area contributed by atoms with Crippen molar-refractivity contribution in [2.24, 2.45) is 11.8 Å². The Bertz CT molecular complexity index is 1440. The van der Waals surface area contributed by atoms with E-state index >= 15 is 0 Å². The van der Waals surface area contributed by atoms with Crippen molar-refractivity contribution >= 4 is 34.6 Å². The van der Waals surface area contributed by atoms with Crippen LogP contribution in [-0.2, 0) is 35.3 Å². The second-order valence-electron chi connectivity index (χ2n) is 15.0. The van der Waals surface area contributed by atoms with Crippen molar-refractivity contribution in [1.29, 1.82) is 0 Å². The lowest BCUT2D eigenvalue weighted by Gasteiger charge is -2.62. The Kier molecular flexibility index (Phi) is 14.8. The van der Waals surface area contributed by atoms with Gasteiger partial charge in [0.15, 0.2) is 0 Å². The summed E-state index contributed by atoms with van der Waals surface area (Å²) in [6.07, 6.45) is 8.26. The van der Waals surface area contributed by atoms with Crippen LogP contribution in [0.15, 0.2) is 12.1 Å². The SMILES string of the molecule is C.C.C.C.CCC(CC)C(=O)Nc1c(C2C([O-])C(c3cc4c5c(c3NC(=O)C(CC)CC)CCCN5CCC4)C2[O-])cc2c3c1CCCN3CCC2. The van der Waals surface area contributed by atoms with Crippen molar-refractivity contribution in [3.63, 3.8) is 0 Å². The number of carbonyl (C=O) groups is 2. The zero-order valence-corrected chi connectivity index (χ0v) is 29.5. The van der Waals surface area contributed by atoms with Crippen LogP contribution in [0.2, 0.25) is 0 Å². The molecule has 8 nitrogen and oxygen atoms in total. The summed E-state index contributed by atoms with van der Waals surface area (Å²) in [7, 11) is 0. The third-order valence-electron chi connectivity index (χ3n) is 12.5. The van der Waals surface area contributed by atoms with Crippen molar-refractivity contribution < 1.29 is 19.8 Å². The first-order chi connectivity index (χ1) is 23.3. The normalized spacial score (nSPS) is 22.4. The molecular formula is C44H70N4O4-2. The molecule has 2 aromatic rings. The van der Waals surface area contributed by atoms with Crippen molar-refractivity contribution in [1.82, 2.24) is 0 Å². The highest BCUT2D eigenvalue weighted by molar-refractivity contribution is 5.97. The highest BCUT2D eigenvalue weighted by Gasteiger charge is 2.44. The van der Waals surface area contributed by atoms with Crippen molar-refractivity contribution in [3.8, 4) is 0 Å². The van der Waals surface area contributed by atoms with Crippen LogP contribution >= 0.6 is 0 Å². The molecule has 2 N–H and O–H groups in total. The van der Waals surface area contributed by atoms with Gasteiger partial charge in [-0.15, -0.1) is 12.2 Å².